The number of hydrogen-bond acceptors (Lipinski definition) is 8. The highest BCUT2D eigenvalue weighted by atomic mass is 35.5. The molecule has 0 unspecified atom stereocenters. The van der Waals surface area contributed by atoms with Crippen LogP contribution in [0.3, 0.4) is 0 Å². The number of rotatable bonds is 13. The maximum absolute atomic E-state index is 12.8. The molecule has 2 aromatic carbocycles. The lowest BCUT2D eigenvalue weighted by atomic mass is 10.1. The molecule has 1 aliphatic rings. The zero-order valence-corrected chi connectivity index (χ0v) is 25.2. The third kappa shape index (κ3) is 6.56. The molecule has 10 nitrogen and oxygen atoms in total. The van der Waals surface area contributed by atoms with E-state index in [9.17, 15) is 9.59 Å². The first-order chi connectivity index (χ1) is 19.9. The van der Waals surface area contributed by atoms with Gasteiger partial charge in [-0.15, -0.1) is 24.0 Å². The number of methoxy groups -OCH3 is 2. The molecule has 0 spiro atoms. The summed E-state index contributed by atoms with van der Waals surface area (Å²) in [6.45, 7) is 1.96. The molecule has 2 aromatic heterocycles. The lowest BCUT2D eigenvalue weighted by molar-refractivity contribution is -0.151. The molecule has 5 rings (SSSR count). The first-order valence-electron chi connectivity index (χ1n) is 13.6. The van der Waals surface area contributed by atoms with Crippen LogP contribution in [0, 0.1) is 0 Å². The molecule has 0 bridgehead atoms. The minimum absolute atomic E-state index is 0. The maximum atomic E-state index is 12.8. The number of carbonyl (C=O) groups excluding carboxylic acids is 2. The predicted molar refractivity (Wildman–Crippen MR) is 164 cm³/mol. The van der Waals surface area contributed by atoms with E-state index in [4.69, 9.17) is 36.5 Å². The Balaban J connectivity index is 0.00000405. The van der Waals surface area contributed by atoms with Crippen molar-refractivity contribution in [1.29, 1.82) is 0 Å². The van der Waals surface area contributed by atoms with Gasteiger partial charge in [0.05, 0.1) is 24.8 Å². The third-order valence-electron chi connectivity index (χ3n) is 7.34. The number of aromatic nitrogens is 3. The molecular formula is C30H35Cl2N5O5. The van der Waals surface area contributed by atoms with Crippen LogP contribution >= 0.6 is 24.0 Å². The number of pyridine rings is 1. The van der Waals surface area contributed by atoms with Crippen molar-refractivity contribution in [3.63, 3.8) is 0 Å². The van der Waals surface area contributed by atoms with Crippen molar-refractivity contribution in [3.05, 3.63) is 59.9 Å². The second kappa shape index (κ2) is 13.6. The Morgan fingerprint density at radius 1 is 1.12 bits per heavy atom. The summed E-state index contributed by atoms with van der Waals surface area (Å²) in [5.41, 5.74) is 8.68. The second-order valence-electron chi connectivity index (χ2n) is 10.2. The molecular weight excluding hydrogens is 581 g/mol. The fourth-order valence-corrected chi connectivity index (χ4v) is 5.30. The van der Waals surface area contributed by atoms with E-state index in [1.807, 2.05) is 42.5 Å². The highest BCUT2D eigenvalue weighted by Gasteiger charge is 2.54. The number of benzene rings is 2. The van der Waals surface area contributed by atoms with Gasteiger partial charge in [-0.05, 0) is 30.2 Å². The molecule has 12 heteroatoms. The summed E-state index contributed by atoms with van der Waals surface area (Å²) in [6, 6.07) is 15.3. The summed E-state index contributed by atoms with van der Waals surface area (Å²) in [6.07, 6.45) is 2.51. The molecule has 0 radical (unpaired) electrons. The number of fused-ring (bicyclic) bond motifs is 3. The molecule has 1 aliphatic carbocycles. The van der Waals surface area contributed by atoms with Gasteiger partial charge in [0.25, 0.3) is 0 Å². The summed E-state index contributed by atoms with van der Waals surface area (Å²) in [5.74, 6) is 1.14. The van der Waals surface area contributed by atoms with Crippen molar-refractivity contribution in [3.8, 4) is 5.75 Å². The third-order valence-corrected chi connectivity index (χ3v) is 7.57. The first kappa shape index (κ1) is 31.3. The molecule has 4 aromatic rings. The lowest BCUT2D eigenvalue weighted by Gasteiger charge is -2.23. The highest BCUT2D eigenvalue weighted by molar-refractivity contribution is 6.27. The number of amides is 1. The number of ether oxygens (including phenoxy) is 3. The van der Waals surface area contributed by atoms with Crippen molar-refractivity contribution in [2.75, 3.05) is 39.0 Å². The van der Waals surface area contributed by atoms with Crippen LogP contribution in [0.15, 0.2) is 48.5 Å². The highest BCUT2D eigenvalue weighted by Crippen LogP contribution is 2.41. The van der Waals surface area contributed by atoms with E-state index in [0.29, 0.717) is 69.0 Å². The van der Waals surface area contributed by atoms with Gasteiger partial charge in [-0.3, -0.25) is 4.79 Å². The fraction of sp³-hybridized carbons (Fsp3) is 0.400. The van der Waals surface area contributed by atoms with E-state index < -0.39 is 5.60 Å². The minimum atomic E-state index is -0.907. The number of carbonyl (C=O) groups is 2. The van der Waals surface area contributed by atoms with Gasteiger partial charge in [-0.2, -0.15) is 0 Å². The molecule has 1 saturated carbocycles. The predicted octanol–water partition coefficient (Wildman–Crippen LogP) is 4.52. The van der Waals surface area contributed by atoms with E-state index in [0.717, 1.165) is 27.8 Å². The molecule has 2 N–H and O–H groups in total. The topological polar surface area (TPSA) is 122 Å². The van der Waals surface area contributed by atoms with Gasteiger partial charge >= 0.3 is 5.97 Å². The fourth-order valence-electron chi connectivity index (χ4n) is 5.13. The summed E-state index contributed by atoms with van der Waals surface area (Å²) in [4.78, 5) is 36.1. The van der Waals surface area contributed by atoms with Crippen LogP contribution in [-0.2, 0) is 38.6 Å². The van der Waals surface area contributed by atoms with Gasteiger partial charge in [0.1, 0.15) is 23.0 Å². The monoisotopic (exact) mass is 615 g/mol. The Morgan fingerprint density at radius 3 is 2.62 bits per heavy atom. The Labute approximate surface area is 255 Å². The van der Waals surface area contributed by atoms with Gasteiger partial charge in [-0.25, -0.2) is 14.8 Å². The molecule has 2 heterocycles. The molecule has 42 heavy (non-hydrogen) atoms. The second-order valence-corrected chi connectivity index (χ2v) is 10.4. The van der Waals surface area contributed by atoms with Gasteiger partial charge in [0.15, 0.2) is 5.82 Å². The van der Waals surface area contributed by atoms with Crippen LogP contribution in [0.1, 0.15) is 30.7 Å². The number of alkyl halides is 1. The zero-order chi connectivity index (χ0) is 29.0. The van der Waals surface area contributed by atoms with E-state index >= 15 is 0 Å². The number of nitrogens with zero attached hydrogens (tertiary/aromatic N) is 4. The Hall–Kier alpha value is -3.60. The first-order valence-corrected chi connectivity index (χ1v) is 14.1. The number of halogens is 2. The van der Waals surface area contributed by atoms with Gasteiger partial charge in [-0.1, -0.05) is 30.3 Å². The Kier molecular flexibility index (Phi) is 10.1. The zero-order valence-electron chi connectivity index (χ0n) is 23.7. The standard InChI is InChI=1S/C30H34ClN5O5.ClH/c1-39-16-11-24-34-26-27(22-9-3-4-10-23(22)33-28(26)32)36(24)15-6-14-35(25(37)18-31)19-20-7-5-8-21(17-20)41-30(12-13-30)29(38)40-2;/h3-5,7-10,17H,6,11-16,18-19H2,1-2H3,(H2,32,33);1H. The molecule has 1 amide bonds. The summed E-state index contributed by atoms with van der Waals surface area (Å²) >= 11 is 6.00. The van der Waals surface area contributed by atoms with Gasteiger partial charge in [0.2, 0.25) is 11.5 Å². The van der Waals surface area contributed by atoms with Crippen molar-refractivity contribution < 1.29 is 23.8 Å². The molecule has 0 saturated heterocycles. The van der Waals surface area contributed by atoms with Crippen LogP contribution < -0.4 is 10.5 Å². The SMILES string of the molecule is COCCc1nc2c(N)nc3ccccc3c2n1CCCN(Cc1cccc(OC2(C(=O)OC)CC2)c1)C(=O)CCl.Cl. The number of nitrogen functional groups attached to an aromatic ring is 1. The average molecular weight is 617 g/mol. The van der Waals surface area contributed by atoms with Crippen molar-refractivity contribution in [2.24, 2.45) is 0 Å². The minimum Gasteiger partial charge on any atom is -0.476 e. The van der Waals surface area contributed by atoms with E-state index in [2.05, 4.69) is 9.55 Å². The summed E-state index contributed by atoms with van der Waals surface area (Å²) < 4.78 is 18.4. The van der Waals surface area contributed by atoms with E-state index in [1.54, 1.807) is 18.1 Å². The summed E-state index contributed by atoms with van der Waals surface area (Å²) in [7, 11) is 3.02. The quantitative estimate of drug-likeness (QED) is 0.172. The van der Waals surface area contributed by atoms with Gasteiger partial charge < -0.3 is 29.4 Å². The van der Waals surface area contributed by atoms with Gasteiger partial charge in [0, 0.05) is 51.4 Å². The van der Waals surface area contributed by atoms with E-state index in [-0.39, 0.29) is 30.2 Å². The van der Waals surface area contributed by atoms with Crippen LogP contribution in [0.25, 0.3) is 21.9 Å². The smallest absolute Gasteiger partial charge is 0.350 e. The number of esters is 1. The Bertz CT molecular complexity index is 1570. The van der Waals surface area contributed by atoms with Crippen LogP contribution in [0.4, 0.5) is 5.82 Å². The van der Waals surface area contributed by atoms with Crippen molar-refractivity contribution in [2.45, 2.75) is 44.4 Å². The number of nitrogens with two attached hydrogens (primary N) is 1. The molecule has 224 valence electrons. The lowest BCUT2D eigenvalue weighted by Crippen LogP contribution is -2.33. The van der Waals surface area contributed by atoms with Crippen molar-refractivity contribution in [1.82, 2.24) is 19.4 Å². The number of anilines is 1. The van der Waals surface area contributed by atoms with Crippen molar-refractivity contribution >= 4 is 63.6 Å². The summed E-state index contributed by atoms with van der Waals surface area (Å²) in [5, 5.41) is 0.971. The average Bonchev–Trinajstić information content (AvgIpc) is 3.67. The molecule has 1 fully saturated rings. The molecule has 0 aliphatic heterocycles. The number of hydrogen-bond donors (Lipinski definition) is 1. The number of aryl methyl sites for hydroxylation is 1. The normalized spacial score (nSPS) is 13.5. The Morgan fingerprint density at radius 2 is 1.90 bits per heavy atom. The largest absolute Gasteiger partial charge is 0.476 e. The maximum Gasteiger partial charge on any atom is 0.350 e. The number of para-hydroxylation sites is 1. The van der Waals surface area contributed by atoms with Crippen LogP contribution in [0.2, 0.25) is 0 Å². The van der Waals surface area contributed by atoms with Crippen LogP contribution in [-0.4, -0.2) is 70.2 Å². The van der Waals surface area contributed by atoms with E-state index in [1.165, 1.54) is 7.11 Å². The molecule has 0 atom stereocenters. The van der Waals surface area contributed by atoms with Crippen LogP contribution in [0.5, 0.6) is 5.75 Å². The number of imidazole rings is 1.